The summed E-state index contributed by atoms with van der Waals surface area (Å²) < 4.78 is 26.6. The number of hydrogen-bond acceptors (Lipinski definition) is 6. The predicted molar refractivity (Wildman–Crippen MR) is 78.5 cm³/mol. The molecule has 112 valence electrons. The van der Waals surface area contributed by atoms with Gasteiger partial charge in [-0.05, 0) is 24.6 Å². The average Bonchev–Trinajstić information content (AvgIpc) is 2.85. The molecule has 2 aromatic rings. The lowest BCUT2D eigenvalue weighted by Gasteiger charge is -2.06. The van der Waals surface area contributed by atoms with E-state index in [1.807, 2.05) is 6.92 Å². The van der Waals surface area contributed by atoms with Crippen LogP contribution in [0.2, 0.25) is 5.02 Å². The number of aromatic nitrogens is 2. The molecule has 2 N–H and O–H groups in total. The van der Waals surface area contributed by atoms with Gasteiger partial charge in [-0.25, -0.2) is 13.2 Å². The minimum atomic E-state index is -3.89. The molecule has 21 heavy (non-hydrogen) atoms. The molecule has 10 heteroatoms. The van der Waals surface area contributed by atoms with Gasteiger partial charge >= 0.3 is 5.97 Å². The molecular formula is C11H10ClN3O4S2. The Kier molecular flexibility index (Phi) is 4.45. The molecule has 0 unspecified atom stereocenters. The molecule has 0 radical (unpaired) electrons. The molecule has 0 fully saturated rings. The first-order valence-corrected chi connectivity index (χ1v) is 8.39. The van der Waals surface area contributed by atoms with Crippen molar-refractivity contribution in [1.29, 1.82) is 0 Å². The minimum Gasteiger partial charge on any atom is -0.478 e. The lowest BCUT2D eigenvalue weighted by atomic mass is 10.2. The normalized spacial score (nSPS) is 11.3. The Morgan fingerprint density at radius 1 is 1.43 bits per heavy atom. The summed E-state index contributed by atoms with van der Waals surface area (Å²) in [5.74, 6) is -1.23. The van der Waals surface area contributed by atoms with Crippen LogP contribution in [0.3, 0.4) is 0 Å². The van der Waals surface area contributed by atoms with Gasteiger partial charge in [0.05, 0.1) is 15.5 Å². The number of benzene rings is 1. The SMILES string of the molecule is CCc1nnc(NS(=O)(=O)c2ccc(C(=O)O)c(Cl)c2)s1. The molecule has 1 aromatic carbocycles. The van der Waals surface area contributed by atoms with Crippen LogP contribution in [0.5, 0.6) is 0 Å². The summed E-state index contributed by atoms with van der Waals surface area (Å²) in [6, 6.07) is 3.38. The van der Waals surface area contributed by atoms with Crippen LogP contribution in [0.4, 0.5) is 5.13 Å². The van der Waals surface area contributed by atoms with E-state index in [0.717, 1.165) is 23.5 Å². The Morgan fingerprint density at radius 2 is 2.14 bits per heavy atom. The number of hydrogen-bond donors (Lipinski definition) is 2. The lowest BCUT2D eigenvalue weighted by Crippen LogP contribution is -2.13. The zero-order valence-electron chi connectivity index (χ0n) is 10.7. The molecule has 0 spiro atoms. The number of aromatic carboxylic acids is 1. The summed E-state index contributed by atoms with van der Waals surface area (Å²) in [6.45, 7) is 1.88. The van der Waals surface area contributed by atoms with E-state index in [2.05, 4.69) is 14.9 Å². The van der Waals surface area contributed by atoms with Crippen LogP contribution in [-0.2, 0) is 16.4 Å². The van der Waals surface area contributed by atoms with E-state index in [-0.39, 0.29) is 20.6 Å². The number of halogens is 1. The summed E-state index contributed by atoms with van der Waals surface area (Å²) in [5, 5.41) is 17.1. The first-order valence-electron chi connectivity index (χ1n) is 5.71. The van der Waals surface area contributed by atoms with E-state index < -0.39 is 16.0 Å². The lowest BCUT2D eigenvalue weighted by molar-refractivity contribution is 0.0697. The predicted octanol–water partition coefficient (Wildman–Crippen LogP) is 2.25. The molecule has 0 bridgehead atoms. The second-order valence-electron chi connectivity index (χ2n) is 3.91. The summed E-state index contributed by atoms with van der Waals surface area (Å²) in [6.07, 6.45) is 0.651. The molecule has 0 aliphatic heterocycles. The first kappa shape index (κ1) is 15.7. The number of sulfonamides is 1. The Morgan fingerprint density at radius 3 is 2.67 bits per heavy atom. The maximum absolute atomic E-state index is 12.2. The van der Waals surface area contributed by atoms with Crippen molar-refractivity contribution in [3.63, 3.8) is 0 Å². The summed E-state index contributed by atoms with van der Waals surface area (Å²) in [4.78, 5) is 10.7. The van der Waals surface area contributed by atoms with E-state index in [1.54, 1.807) is 0 Å². The van der Waals surface area contributed by atoms with Gasteiger partial charge in [0.2, 0.25) is 5.13 Å². The largest absolute Gasteiger partial charge is 0.478 e. The van der Waals surface area contributed by atoms with E-state index in [1.165, 1.54) is 6.07 Å². The molecule has 0 aliphatic rings. The van der Waals surface area contributed by atoms with Crippen molar-refractivity contribution in [3.05, 3.63) is 33.8 Å². The van der Waals surface area contributed by atoms with Gasteiger partial charge in [0.25, 0.3) is 10.0 Å². The number of carbonyl (C=O) groups is 1. The highest BCUT2D eigenvalue weighted by molar-refractivity contribution is 7.93. The number of carboxylic acid groups (broad SMARTS) is 1. The molecular weight excluding hydrogens is 338 g/mol. The third-order valence-electron chi connectivity index (χ3n) is 2.47. The Bertz CT molecular complexity index is 789. The van der Waals surface area contributed by atoms with Crippen molar-refractivity contribution < 1.29 is 18.3 Å². The zero-order valence-corrected chi connectivity index (χ0v) is 13.1. The third kappa shape index (κ3) is 3.49. The topological polar surface area (TPSA) is 109 Å². The van der Waals surface area contributed by atoms with Crippen LogP contribution in [-0.4, -0.2) is 29.7 Å². The number of nitrogens with one attached hydrogen (secondary N) is 1. The van der Waals surface area contributed by atoms with E-state index in [0.29, 0.717) is 11.4 Å². The molecule has 1 heterocycles. The van der Waals surface area contributed by atoms with Crippen LogP contribution < -0.4 is 4.72 Å². The quantitative estimate of drug-likeness (QED) is 0.858. The van der Waals surface area contributed by atoms with E-state index in [4.69, 9.17) is 16.7 Å². The van der Waals surface area contributed by atoms with Crippen LogP contribution in [0.25, 0.3) is 0 Å². The van der Waals surface area contributed by atoms with Gasteiger partial charge in [-0.15, -0.1) is 10.2 Å². The van der Waals surface area contributed by atoms with Gasteiger partial charge in [-0.1, -0.05) is 29.9 Å². The van der Waals surface area contributed by atoms with E-state index in [9.17, 15) is 13.2 Å². The Labute approximate surface area is 129 Å². The van der Waals surface area contributed by atoms with Gasteiger partial charge < -0.3 is 5.11 Å². The van der Waals surface area contributed by atoms with Gasteiger partial charge in [0, 0.05) is 0 Å². The van der Waals surface area contributed by atoms with Crippen LogP contribution in [0.15, 0.2) is 23.1 Å². The summed E-state index contributed by atoms with van der Waals surface area (Å²) in [5.41, 5.74) is -0.167. The molecule has 2 rings (SSSR count). The van der Waals surface area contributed by atoms with Crippen molar-refractivity contribution in [1.82, 2.24) is 10.2 Å². The standard InChI is InChI=1S/C11H10ClN3O4S2/c1-2-9-13-14-11(20-9)15-21(18,19)6-3-4-7(10(16)17)8(12)5-6/h3-5H,2H2,1H3,(H,14,15)(H,16,17). The minimum absolute atomic E-state index is 0.144. The molecule has 0 atom stereocenters. The van der Waals surface area contributed by atoms with Crippen LogP contribution >= 0.6 is 22.9 Å². The molecule has 0 amide bonds. The second-order valence-corrected chi connectivity index (χ2v) is 7.06. The van der Waals surface area contributed by atoms with Crippen molar-refractivity contribution in [2.45, 2.75) is 18.2 Å². The molecule has 0 saturated carbocycles. The smallest absolute Gasteiger partial charge is 0.337 e. The maximum Gasteiger partial charge on any atom is 0.337 e. The fourth-order valence-electron chi connectivity index (χ4n) is 1.45. The third-order valence-corrected chi connectivity index (χ3v) is 5.23. The van der Waals surface area contributed by atoms with Crippen LogP contribution in [0, 0.1) is 0 Å². The van der Waals surface area contributed by atoms with Crippen molar-refractivity contribution in [2.24, 2.45) is 0 Å². The van der Waals surface area contributed by atoms with Gasteiger partial charge in [-0.3, -0.25) is 4.72 Å². The van der Waals surface area contributed by atoms with Crippen LogP contribution in [0.1, 0.15) is 22.3 Å². The highest BCUT2D eigenvalue weighted by Gasteiger charge is 2.19. The fraction of sp³-hybridized carbons (Fsp3) is 0.182. The van der Waals surface area contributed by atoms with E-state index >= 15 is 0 Å². The summed E-state index contributed by atoms with van der Waals surface area (Å²) in [7, 11) is -3.89. The summed E-state index contributed by atoms with van der Waals surface area (Å²) >= 11 is 6.89. The number of nitrogens with zero attached hydrogens (tertiary/aromatic N) is 2. The number of carboxylic acids is 1. The monoisotopic (exact) mass is 347 g/mol. The number of anilines is 1. The number of rotatable bonds is 5. The molecule has 0 aliphatic carbocycles. The Balaban J connectivity index is 2.31. The van der Waals surface area contributed by atoms with Gasteiger partial charge in [0.15, 0.2) is 0 Å². The highest BCUT2D eigenvalue weighted by Crippen LogP contribution is 2.24. The van der Waals surface area contributed by atoms with Crippen molar-refractivity contribution >= 4 is 44.1 Å². The highest BCUT2D eigenvalue weighted by atomic mass is 35.5. The first-order chi connectivity index (χ1) is 9.83. The Hall–Kier alpha value is -1.71. The van der Waals surface area contributed by atoms with Gasteiger partial charge in [-0.2, -0.15) is 0 Å². The number of aryl methyl sites for hydroxylation is 1. The average molecular weight is 348 g/mol. The zero-order chi connectivity index (χ0) is 15.6. The van der Waals surface area contributed by atoms with Gasteiger partial charge in [0.1, 0.15) is 5.01 Å². The maximum atomic E-state index is 12.2. The molecule has 0 saturated heterocycles. The molecule has 1 aromatic heterocycles. The van der Waals surface area contributed by atoms with Crippen molar-refractivity contribution in [3.8, 4) is 0 Å². The molecule has 7 nitrogen and oxygen atoms in total. The van der Waals surface area contributed by atoms with Crippen molar-refractivity contribution in [2.75, 3.05) is 4.72 Å². The second kappa shape index (κ2) is 5.96. The fourth-order valence-corrected chi connectivity index (χ4v) is 3.71.